The molecule has 1 heterocycles. The van der Waals surface area contributed by atoms with Crippen LogP contribution in [0.25, 0.3) is 0 Å². The van der Waals surface area contributed by atoms with Gasteiger partial charge in [0.15, 0.2) is 0 Å². The molecule has 0 aliphatic carbocycles. The van der Waals surface area contributed by atoms with Gasteiger partial charge in [0.05, 0.1) is 12.6 Å². The van der Waals surface area contributed by atoms with Gasteiger partial charge >= 0.3 is 0 Å². The summed E-state index contributed by atoms with van der Waals surface area (Å²) >= 11 is 0. The lowest BCUT2D eigenvalue weighted by Crippen LogP contribution is -2.57. The summed E-state index contributed by atoms with van der Waals surface area (Å²) in [6.45, 7) is 9.92. The van der Waals surface area contributed by atoms with Crippen LogP contribution in [0.3, 0.4) is 0 Å². The summed E-state index contributed by atoms with van der Waals surface area (Å²) in [6, 6.07) is 0.464. The van der Waals surface area contributed by atoms with Gasteiger partial charge in [0.25, 0.3) is 0 Å². The third-order valence-corrected chi connectivity index (χ3v) is 2.89. The Morgan fingerprint density at radius 2 is 2.27 bits per heavy atom. The predicted octanol–water partition coefficient (Wildman–Crippen LogP) is 0.0859. The molecule has 0 saturated carbocycles. The van der Waals surface area contributed by atoms with Gasteiger partial charge in [-0.1, -0.05) is 6.58 Å². The second kappa shape index (κ2) is 5.28. The summed E-state index contributed by atoms with van der Waals surface area (Å²) in [5, 5.41) is 9.28. The van der Waals surface area contributed by atoms with Gasteiger partial charge < -0.3 is 10.0 Å². The summed E-state index contributed by atoms with van der Waals surface area (Å²) < 4.78 is 0. The minimum absolute atomic E-state index is 0.0446. The van der Waals surface area contributed by atoms with Crippen LogP contribution in [0.4, 0.5) is 0 Å². The molecule has 0 bridgehead atoms. The van der Waals surface area contributed by atoms with E-state index in [4.69, 9.17) is 0 Å². The molecule has 86 valence electrons. The molecule has 0 aromatic rings. The molecule has 15 heavy (non-hydrogen) atoms. The number of rotatable bonds is 3. The number of nitrogens with zero attached hydrogens (tertiary/aromatic N) is 2. The van der Waals surface area contributed by atoms with E-state index in [1.165, 1.54) is 6.08 Å². The monoisotopic (exact) mass is 212 g/mol. The van der Waals surface area contributed by atoms with Crippen molar-refractivity contribution in [2.75, 3.05) is 26.2 Å². The highest BCUT2D eigenvalue weighted by molar-refractivity contribution is 5.87. The quantitative estimate of drug-likeness (QED) is 0.674. The molecule has 4 heteroatoms. The van der Waals surface area contributed by atoms with Crippen molar-refractivity contribution in [1.29, 1.82) is 0 Å². The van der Waals surface area contributed by atoms with Gasteiger partial charge in [-0.25, -0.2) is 0 Å². The lowest BCUT2D eigenvalue weighted by atomic mass is 10.1. The third-order valence-electron chi connectivity index (χ3n) is 2.89. The summed E-state index contributed by atoms with van der Waals surface area (Å²) in [4.78, 5) is 15.4. The third kappa shape index (κ3) is 2.79. The fraction of sp³-hybridized carbons (Fsp3) is 0.727. The molecular weight excluding hydrogens is 192 g/mol. The summed E-state index contributed by atoms with van der Waals surface area (Å²) in [7, 11) is 0. The number of hydrogen-bond acceptors (Lipinski definition) is 3. The molecule has 1 unspecified atom stereocenters. The maximum atomic E-state index is 11.4. The topological polar surface area (TPSA) is 43.8 Å². The van der Waals surface area contributed by atoms with E-state index in [9.17, 15) is 9.90 Å². The summed E-state index contributed by atoms with van der Waals surface area (Å²) in [5.74, 6) is -0.0446. The highest BCUT2D eigenvalue weighted by Gasteiger charge is 2.29. The van der Waals surface area contributed by atoms with E-state index in [0.29, 0.717) is 12.6 Å². The molecule has 1 aliphatic heterocycles. The van der Waals surface area contributed by atoms with Crippen molar-refractivity contribution < 1.29 is 9.90 Å². The van der Waals surface area contributed by atoms with E-state index in [0.717, 1.165) is 13.1 Å². The Hall–Kier alpha value is -0.870. The molecule has 1 amide bonds. The predicted molar refractivity (Wildman–Crippen MR) is 59.5 cm³/mol. The first-order valence-electron chi connectivity index (χ1n) is 5.38. The number of hydrogen-bond donors (Lipinski definition) is 1. The van der Waals surface area contributed by atoms with Gasteiger partial charge in [-0.2, -0.15) is 0 Å². The zero-order valence-electron chi connectivity index (χ0n) is 9.52. The Kier molecular flexibility index (Phi) is 4.29. The zero-order valence-corrected chi connectivity index (χ0v) is 9.52. The van der Waals surface area contributed by atoms with Gasteiger partial charge in [0, 0.05) is 25.7 Å². The molecule has 1 N–H and O–H groups in total. The smallest absolute Gasteiger partial charge is 0.246 e. The Morgan fingerprint density at radius 3 is 2.73 bits per heavy atom. The SMILES string of the molecule is C=CC(=O)N1CCN(C(C)C)C(CO)C1. The molecule has 1 rings (SSSR count). The second-order valence-electron chi connectivity index (χ2n) is 4.16. The largest absolute Gasteiger partial charge is 0.395 e. The summed E-state index contributed by atoms with van der Waals surface area (Å²) in [5.41, 5.74) is 0. The van der Waals surface area contributed by atoms with E-state index in [2.05, 4.69) is 25.3 Å². The highest BCUT2D eigenvalue weighted by atomic mass is 16.3. The van der Waals surface area contributed by atoms with E-state index in [1.54, 1.807) is 4.90 Å². The van der Waals surface area contributed by atoms with Crippen molar-refractivity contribution >= 4 is 5.91 Å². The van der Waals surface area contributed by atoms with Gasteiger partial charge in [-0.3, -0.25) is 9.69 Å². The van der Waals surface area contributed by atoms with Gasteiger partial charge in [-0.05, 0) is 19.9 Å². The van der Waals surface area contributed by atoms with Crippen molar-refractivity contribution in [2.24, 2.45) is 0 Å². The van der Waals surface area contributed by atoms with Crippen LogP contribution >= 0.6 is 0 Å². The average molecular weight is 212 g/mol. The first-order chi connectivity index (χ1) is 7.10. The Bertz CT molecular complexity index is 241. The molecule has 1 fully saturated rings. The number of aliphatic hydroxyl groups is 1. The molecule has 1 atom stereocenters. The minimum atomic E-state index is -0.0446. The standard InChI is InChI=1S/C11H20N2O2/c1-4-11(15)12-5-6-13(9(2)3)10(7-12)8-14/h4,9-10,14H,1,5-8H2,2-3H3. The molecule has 4 nitrogen and oxygen atoms in total. The number of carbonyl (C=O) groups excluding carboxylic acids is 1. The maximum Gasteiger partial charge on any atom is 0.246 e. The van der Waals surface area contributed by atoms with Gasteiger partial charge in [0.2, 0.25) is 5.91 Å². The van der Waals surface area contributed by atoms with Crippen LogP contribution < -0.4 is 0 Å². The van der Waals surface area contributed by atoms with Crippen LogP contribution in [0.1, 0.15) is 13.8 Å². The number of amides is 1. The van der Waals surface area contributed by atoms with Gasteiger partial charge in [0.1, 0.15) is 0 Å². The normalized spacial score (nSPS) is 23.2. The fourth-order valence-corrected chi connectivity index (χ4v) is 2.04. The van der Waals surface area contributed by atoms with Crippen LogP contribution in [-0.2, 0) is 4.79 Å². The van der Waals surface area contributed by atoms with Crippen molar-refractivity contribution in [1.82, 2.24) is 9.80 Å². The Balaban J connectivity index is 2.62. The van der Waals surface area contributed by atoms with Crippen molar-refractivity contribution in [3.63, 3.8) is 0 Å². The molecule has 1 saturated heterocycles. The second-order valence-corrected chi connectivity index (χ2v) is 4.16. The number of aliphatic hydroxyl groups excluding tert-OH is 1. The van der Waals surface area contributed by atoms with Crippen molar-refractivity contribution in [2.45, 2.75) is 25.9 Å². The molecule has 0 aromatic heterocycles. The molecule has 0 radical (unpaired) electrons. The molecular formula is C11H20N2O2. The van der Waals surface area contributed by atoms with Crippen LogP contribution in [0.2, 0.25) is 0 Å². The number of piperazine rings is 1. The molecule has 0 aromatic carbocycles. The first-order valence-corrected chi connectivity index (χ1v) is 5.38. The fourth-order valence-electron chi connectivity index (χ4n) is 2.04. The van der Waals surface area contributed by atoms with Crippen LogP contribution in [-0.4, -0.2) is 59.1 Å². The van der Waals surface area contributed by atoms with Crippen molar-refractivity contribution in [3.8, 4) is 0 Å². The minimum Gasteiger partial charge on any atom is -0.395 e. The molecule has 1 aliphatic rings. The molecule has 0 spiro atoms. The summed E-state index contributed by atoms with van der Waals surface area (Å²) in [6.07, 6.45) is 1.33. The van der Waals surface area contributed by atoms with Crippen LogP contribution in [0, 0.1) is 0 Å². The average Bonchev–Trinajstić information content (AvgIpc) is 2.26. The van der Waals surface area contributed by atoms with Crippen molar-refractivity contribution in [3.05, 3.63) is 12.7 Å². The first kappa shape index (κ1) is 12.2. The van der Waals surface area contributed by atoms with Gasteiger partial charge in [-0.15, -0.1) is 0 Å². The van der Waals surface area contributed by atoms with Crippen LogP contribution in [0.15, 0.2) is 12.7 Å². The van der Waals surface area contributed by atoms with Crippen LogP contribution in [0.5, 0.6) is 0 Å². The number of carbonyl (C=O) groups is 1. The highest BCUT2D eigenvalue weighted by Crippen LogP contribution is 2.13. The Morgan fingerprint density at radius 1 is 1.60 bits per heavy atom. The zero-order chi connectivity index (χ0) is 11.4. The lowest BCUT2D eigenvalue weighted by Gasteiger charge is -2.42. The Labute approximate surface area is 91.2 Å². The van der Waals surface area contributed by atoms with E-state index >= 15 is 0 Å². The van der Waals surface area contributed by atoms with E-state index < -0.39 is 0 Å². The maximum absolute atomic E-state index is 11.4. The lowest BCUT2D eigenvalue weighted by molar-refractivity contribution is -0.129. The van der Waals surface area contributed by atoms with E-state index in [-0.39, 0.29) is 18.6 Å². The van der Waals surface area contributed by atoms with E-state index in [1.807, 2.05) is 0 Å².